The average molecular weight is 270 g/mol. The molecule has 0 radical (unpaired) electrons. The number of carboxylic acid groups (broad SMARTS) is 1. The van der Waals surface area contributed by atoms with Gasteiger partial charge in [0.2, 0.25) is 5.91 Å². The Balaban J connectivity index is 1.74. The number of carbonyl (C=O) groups is 3. The lowest BCUT2D eigenvalue weighted by atomic mass is 10.0. The third kappa shape index (κ3) is 3.66. The molecule has 1 unspecified atom stereocenters. The lowest BCUT2D eigenvalue weighted by Crippen LogP contribution is -2.40. The van der Waals surface area contributed by atoms with Crippen LogP contribution in [0, 0.1) is 5.92 Å². The van der Waals surface area contributed by atoms with Gasteiger partial charge in [0, 0.05) is 13.0 Å². The molecule has 0 saturated carbocycles. The fourth-order valence-electron chi connectivity index (χ4n) is 2.52. The minimum absolute atomic E-state index is 0.172. The first-order valence-corrected chi connectivity index (χ1v) is 6.47. The maximum absolute atomic E-state index is 11.9. The summed E-state index contributed by atoms with van der Waals surface area (Å²) in [6, 6.07) is 0. The summed E-state index contributed by atoms with van der Waals surface area (Å²) >= 11 is 0. The monoisotopic (exact) mass is 270 g/mol. The molecule has 2 aliphatic heterocycles. The normalized spacial score (nSPS) is 23.7. The van der Waals surface area contributed by atoms with Crippen molar-refractivity contribution in [3.63, 3.8) is 0 Å². The van der Waals surface area contributed by atoms with Gasteiger partial charge in [0.05, 0.1) is 13.1 Å². The molecule has 7 heteroatoms. The van der Waals surface area contributed by atoms with Crippen LogP contribution >= 0.6 is 0 Å². The number of carboxylic acids is 1. The molecule has 2 aliphatic rings. The fourth-order valence-corrected chi connectivity index (χ4v) is 2.52. The Hall–Kier alpha value is -1.63. The number of likely N-dealkylation sites (tertiary alicyclic amines) is 1. The van der Waals surface area contributed by atoms with Gasteiger partial charge in [-0.2, -0.15) is 0 Å². The molecule has 106 valence electrons. The Morgan fingerprint density at radius 1 is 1.37 bits per heavy atom. The first kappa shape index (κ1) is 13.8. The molecule has 0 aliphatic carbocycles. The molecule has 2 fully saturated rings. The van der Waals surface area contributed by atoms with E-state index in [2.05, 4.69) is 0 Å². The van der Waals surface area contributed by atoms with Gasteiger partial charge >= 0.3 is 12.1 Å². The van der Waals surface area contributed by atoms with E-state index < -0.39 is 12.1 Å². The van der Waals surface area contributed by atoms with Crippen LogP contribution in [0.5, 0.6) is 0 Å². The minimum atomic E-state index is -0.783. The molecule has 1 atom stereocenters. The predicted molar refractivity (Wildman–Crippen MR) is 64.5 cm³/mol. The zero-order valence-electron chi connectivity index (χ0n) is 10.7. The summed E-state index contributed by atoms with van der Waals surface area (Å²) in [4.78, 5) is 36.7. The lowest BCUT2D eigenvalue weighted by Gasteiger charge is -2.18. The standard InChI is InChI=1S/C12H18N2O5/c15-10(14-5-6-19-12(14)18)8-13-4-3-9(7-13)1-2-11(16)17/h9H,1-8H2,(H,16,17). The number of rotatable bonds is 5. The van der Waals surface area contributed by atoms with Crippen LogP contribution in [-0.2, 0) is 14.3 Å². The molecule has 0 spiro atoms. The van der Waals surface area contributed by atoms with Gasteiger partial charge in [0.25, 0.3) is 0 Å². The number of nitrogens with zero attached hydrogens (tertiary/aromatic N) is 2. The smallest absolute Gasteiger partial charge is 0.416 e. The summed E-state index contributed by atoms with van der Waals surface area (Å²) in [5.41, 5.74) is 0. The van der Waals surface area contributed by atoms with Gasteiger partial charge in [0.1, 0.15) is 6.61 Å². The number of amides is 2. The Morgan fingerprint density at radius 3 is 2.79 bits per heavy atom. The van der Waals surface area contributed by atoms with Gasteiger partial charge in [-0.05, 0) is 25.3 Å². The van der Waals surface area contributed by atoms with E-state index >= 15 is 0 Å². The van der Waals surface area contributed by atoms with Crippen molar-refractivity contribution < 1.29 is 24.2 Å². The van der Waals surface area contributed by atoms with E-state index in [0.29, 0.717) is 18.9 Å². The molecular weight excluding hydrogens is 252 g/mol. The van der Waals surface area contributed by atoms with E-state index in [-0.39, 0.29) is 25.5 Å². The number of hydrogen-bond acceptors (Lipinski definition) is 5. The number of cyclic esters (lactones) is 1. The van der Waals surface area contributed by atoms with Crippen LogP contribution in [0.1, 0.15) is 19.3 Å². The van der Waals surface area contributed by atoms with Crippen LogP contribution in [0.2, 0.25) is 0 Å². The summed E-state index contributed by atoms with van der Waals surface area (Å²) in [5, 5.41) is 8.63. The Kier molecular flexibility index (Phi) is 4.36. The van der Waals surface area contributed by atoms with Gasteiger partial charge in [0.15, 0.2) is 0 Å². The van der Waals surface area contributed by atoms with Crippen LogP contribution in [0.4, 0.5) is 4.79 Å². The molecule has 2 heterocycles. The van der Waals surface area contributed by atoms with Gasteiger partial charge in [-0.25, -0.2) is 9.69 Å². The molecule has 2 rings (SSSR count). The van der Waals surface area contributed by atoms with Crippen molar-refractivity contribution in [2.45, 2.75) is 19.3 Å². The maximum Gasteiger partial charge on any atom is 0.416 e. The number of aliphatic carboxylic acids is 1. The second kappa shape index (κ2) is 6.01. The molecule has 19 heavy (non-hydrogen) atoms. The van der Waals surface area contributed by atoms with Crippen molar-refractivity contribution in [1.82, 2.24) is 9.80 Å². The topological polar surface area (TPSA) is 87.2 Å². The molecule has 0 aromatic rings. The highest BCUT2D eigenvalue weighted by Gasteiger charge is 2.31. The number of ether oxygens (including phenoxy) is 1. The number of imide groups is 1. The fraction of sp³-hybridized carbons (Fsp3) is 0.750. The van der Waals surface area contributed by atoms with Crippen LogP contribution in [0.3, 0.4) is 0 Å². The highest BCUT2D eigenvalue weighted by Crippen LogP contribution is 2.21. The summed E-state index contributed by atoms with van der Waals surface area (Å²) in [7, 11) is 0. The summed E-state index contributed by atoms with van der Waals surface area (Å²) in [5.74, 6) is -0.690. The van der Waals surface area contributed by atoms with Crippen molar-refractivity contribution in [2.24, 2.45) is 5.92 Å². The quantitative estimate of drug-likeness (QED) is 0.765. The first-order chi connectivity index (χ1) is 9.06. The Labute approximate surface area is 111 Å². The minimum Gasteiger partial charge on any atom is -0.481 e. The van der Waals surface area contributed by atoms with Crippen molar-refractivity contribution >= 4 is 18.0 Å². The summed E-state index contributed by atoms with van der Waals surface area (Å²) in [6.45, 7) is 2.30. The Morgan fingerprint density at radius 2 is 2.16 bits per heavy atom. The zero-order chi connectivity index (χ0) is 13.8. The Bertz CT molecular complexity index is 384. The van der Waals surface area contributed by atoms with E-state index in [0.717, 1.165) is 24.4 Å². The molecular formula is C12H18N2O5. The van der Waals surface area contributed by atoms with E-state index in [9.17, 15) is 14.4 Å². The number of hydrogen-bond donors (Lipinski definition) is 1. The second-order valence-electron chi connectivity index (χ2n) is 4.98. The van der Waals surface area contributed by atoms with E-state index in [1.807, 2.05) is 4.90 Å². The highest BCUT2D eigenvalue weighted by molar-refractivity contribution is 5.94. The van der Waals surface area contributed by atoms with Crippen molar-refractivity contribution in [2.75, 3.05) is 32.8 Å². The molecule has 7 nitrogen and oxygen atoms in total. The molecule has 0 bridgehead atoms. The lowest BCUT2D eigenvalue weighted by molar-refractivity contribution is -0.137. The molecule has 1 N–H and O–H groups in total. The van der Waals surface area contributed by atoms with Crippen LogP contribution < -0.4 is 0 Å². The van der Waals surface area contributed by atoms with E-state index in [4.69, 9.17) is 9.84 Å². The van der Waals surface area contributed by atoms with Crippen molar-refractivity contribution in [1.29, 1.82) is 0 Å². The van der Waals surface area contributed by atoms with Gasteiger partial charge < -0.3 is 9.84 Å². The van der Waals surface area contributed by atoms with Gasteiger partial charge in [-0.15, -0.1) is 0 Å². The first-order valence-electron chi connectivity index (χ1n) is 6.47. The van der Waals surface area contributed by atoms with Crippen molar-refractivity contribution in [3.05, 3.63) is 0 Å². The van der Waals surface area contributed by atoms with Gasteiger partial charge in [-0.3, -0.25) is 14.5 Å². The zero-order valence-corrected chi connectivity index (χ0v) is 10.7. The molecule has 0 aromatic carbocycles. The summed E-state index contributed by atoms with van der Waals surface area (Å²) in [6.07, 6.45) is 1.16. The van der Waals surface area contributed by atoms with E-state index in [1.165, 1.54) is 0 Å². The van der Waals surface area contributed by atoms with Crippen LogP contribution in [0.25, 0.3) is 0 Å². The maximum atomic E-state index is 11.9. The highest BCUT2D eigenvalue weighted by atomic mass is 16.6. The van der Waals surface area contributed by atoms with Crippen LogP contribution in [-0.4, -0.2) is 65.7 Å². The predicted octanol–water partition coefficient (Wildman–Crippen LogP) is 0.152. The SMILES string of the molecule is O=C(O)CCC1CCN(CC(=O)N2CCOC2=O)C1. The van der Waals surface area contributed by atoms with Crippen molar-refractivity contribution in [3.8, 4) is 0 Å². The third-order valence-electron chi connectivity index (χ3n) is 3.56. The second-order valence-corrected chi connectivity index (χ2v) is 4.98. The number of carbonyl (C=O) groups excluding carboxylic acids is 2. The largest absolute Gasteiger partial charge is 0.481 e. The van der Waals surface area contributed by atoms with E-state index in [1.54, 1.807) is 0 Å². The molecule has 2 amide bonds. The van der Waals surface area contributed by atoms with Gasteiger partial charge in [-0.1, -0.05) is 0 Å². The van der Waals surface area contributed by atoms with Crippen LogP contribution in [0.15, 0.2) is 0 Å². The average Bonchev–Trinajstić information content (AvgIpc) is 2.95. The molecule has 2 saturated heterocycles. The summed E-state index contributed by atoms with van der Waals surface area (Å²) < 4.78 is 4.72. The third-order valence-corrected chi connectivity index (χ3v) is 3.56. The molecule has 0 aromatic heterocycles.